The van der Waals surface area contributed by atoms with Crippen LogP contribution in [-0.2, 0) is 14.4 Å². The normalized spacial score (nSPS) is 23.3. The predicted molar refractivity (Wildman–Crippen MR) is 123 cm³/mol. The van der Waals surface area contributed by atoms with Crippen molar-refractivity contribution in [3.8, 4) is 5.75 Å². The molecule has 2 saturated heterocycles. The minimum absolute atomic E-state index is 0.0606. The minimum Gasteiger partial charge on any atom is -0.508 e. The number of carbonyl (C=O) groups is 4. The number of phenolic OH excluding ortho intramolecular Hbond substituents is 1. The Kier molecular flexibility index (Phi) is 7.09. The van der Waals surface area contributed by atoms with Crippen LogP contribution >= 0.6 is 11.8 Å². The van der Waals surface area contributed by atoms with E-state index in [2.05, 4.69) is 5.32 Å². The maximum Gasteiger partial charge on any atom is 0.327 e. The summed E-state index contributed by atoms with van der Waals surface area (Å²) in [5.74, 6) is -1.94. The maximum absolute atomic E-state index is 12.3. The lowest BCUT2D eigenvalue weighted by Crippen LogP contribution is -2.71. The summed E-state index contributed by atoms with van der Waals surface area (Å²) in [6, 6.07) is 12.3. The van der Waals surface area contributed by atoms with Crippen molar-refractivity contribution in [2.45, 2.75) is 42.1 Å². The number of carboxylic acid groups (broad SMARTS) is 1. The first-order chi connectivity index (χ1) is 15.6. The van der Waals surface area contributed by atoms with E-state index in [9.17, 15) is 29.4 Å². The molecule has 0 bridgehead atoms. The van der Waals surface area contributed by atoms with Gasteiger partial charge in [0, 0.05) is 10.3 Å². The van der Waals surface area contributed by atoms with Gasteiger partial charge in [-0.15, -0.1) is 11.8 Å². The number of carbonyl (C=O) groups excluding carboxylic acids is 3. The molecule has 4 atom stereocenters. The number of fused-ring (bicyclic) bond motifs is 1. The number of aldehydes is 1. The van der Waals surface area contributed by atoms with Crippen LogP contribution in [0.2, 0.25) is 0 Å². The number of aromatic hydroxyl groups is 1. The van der Waals surface area contributed by atoms with Gasteiger partial charge in [0.2, 0.25) is 11.8 Å². The second-order valence-electron chi connectivity index (χ2n) is 8.18. The smallest absolute Gasteiger partial charge is 0.327 e. The maximum atomic E-state index is 12.3. The Morgan fingerprint density at radius 1 is 1.15 bits per heavy atom. The summed E-state index contributed by atoms with van der Waals surface area (Å²) in [5, 5.41) is 20.9. The quantitative estimate of drug-likeness (QED) is 0.379. The fraction of sp³-hybridized carbons (Fsp3) is 0.304. The van der Waals surface area contributed by atoms with Crippen molar-refractivity contribution in [1.29, 1.82) is 0 Å². The van der Waals surface area contributed by atoms with Gasteiger partial charge >= 0.3 is 5.97 Å². The number of rotatable bonds is 5. The fourth-order valence-corrected chi connectivity index (χ4v) is 5.38. The number of nitrogens with zero attached hydrogens (tertiary/aromatic N) is 1. The number of β-lactam (4-membered cyclic amide) rings is 1. The molecule has 0 saturated carbocycles. The van der Waals surface area contributed by atoms with Gasteiger partial charge in [0.1, 0.15) is 35.5 Å². The third-order valence-electron chi connectivity index (χ3n) is 5.44. The van der Waals surface area contributed by atoms with Crippen molar-refractivity contribution in [3.63, 3.8) is 0 Å². The van der Waals surface area contributed by atoms with Gasteiger partial charge in [-0.05, 0) is 31.5 Å². The Hall–Kier alpha value is -3.37. The summed E-state index contributed by atoms with van der Waals surface area (Å²) >= 11 is 1.35. The number of carboxylic acids is 1. The fourth-order valence-electron chi connectivity index (χ4n) is 3.75. The van der Waals surface area contributed by atoms with Crippen molar-refractivity contribution < 1.29 is 29.4 Å². The van der Waals surface area contributed by atoms with Gasteiger partial charge in [0.05, 0.1) is 0 Å². The average molecular weight is 472 g/mol. The minimum atomic E-state index is -1.06. The van der Waals surface area contributed by atoms with E-state index in [0.29, 0.717) is 5.56 Å². The zero-order chi connectivity index (χ0) is 24.3. The molecule has 0 spiro atoms. The lowest BCUT2D eigenvalue weighted by atomic mass is 9.95. The van der Waals surface area contributed by atoms with Crippen LogP contribution in [0.4, 0.5) is 0 Å². The van der Waals surface area contributed by atoms with Crippen molar-refractivity contribution >= 4 is 35.8 Å². The van der Waals surface area contributed by atoms with Crippen LogP contribution in [0.5, 0.6) is 5.75 Å². The molecule has 0 aromatic heterocycles. The van der Waals surface area contributed by atoms with E-state index in [1.54, 1.807) is 26.0 Å². The summed E-state index contributed by atoms with van der Waals surface area (Å²) in [6.07, 6.45) is 0.833. The van der Waals surface area contributed by atoms with E-state index in [1.165, 1.54) is 40.9 Å². The number of phenols is 1. The highest BCUT2D eigenvalue weighted by Crippen LogP contribution is 2.50. The molecular formula is C23H25N3O6S. The van der Waals surface area contributed by atoms with Crippen LogP contribution in [0, 0.1) is 0 Å². The highest BCUT2D eigenvalue weighted by molar-refractivity contribution is 8.01. The molecule has 4 rings (SSSR count). The standard InChI is InChI=1S/C16H19N3O5S.C7H6O/c1-16(2)11(15(23)24)19-13(22)10(14(19)25-16)18-12(21)9(17)7-3-5-8(20)6-4-7;8-6-7-4-2-1-3-5-7/h3-6,9-11,14,20H,17H2,1-2H3,(H,18,21)(H,23,24);1-6H/t9-,10-,11+,14-;/m1./s1. The molecule has 0 radical (unpaired) electrons. The lowest BCUT2D eigenvalue weighted by Gasteiger charge is -2.43. The van der Waals surface area contributed by atoms with Crippen molar-refractivity contribution in [3.05, 3.63) is 65.7 Å². The molecule has 33 heavy (non-hydrogen) atoms. The van der Waals surface area contributed by atoms with Gasteiger partial charge < -0.3 is 26.2 Å². The summed E-state index contributed by atoms with van der Waals surface area (Å²) in [7, 11) is 0. The zero-order valence-electron chi connectivity index (χ0n) is 18.0. The number of benzene rings is 2. The van der Waals surface area contributed by atoms with Gasteiger partial charge in [-0.1, -0.05) is 42.5 Å². The topological polar surface area (TPSA) is 150 Å². The number of amides is 2. The first-order valence-electron chi connectivity index (χ1n) is 10.1. The monoisotopic (exact) mass is 471 g/mol. The van der Waals surface area contributed by atoms with Gasteiger partial charge in [0.15, 0.2) is 0 Å². The van der Waals surface area contributed by atoms with E-state index in [1.807, 2.05) is 18.2 Å². The molecular weight excluding hydrogens is 446 g/mol. The third-order valence-corrected chi connectivity index (χ3v) is 7.01. The molecule has 2 fully saturated rings. The van der Waals surface area contributed by atoms with E-state index < -0.39 is 46.0 Å². The second kappa shape index (κ2) is 9.63. The van der Waals surface area contributed by atoms with Gasteiger partial charge in [-0.2, -0.15) is 0 Å². The molecule has 9 nitrogen and oxygen atoms in total. The van der Waals surface area contributed by atoms with Gasteiger partial charge in [-0.3, -0.25) is 14.4 Å². The number of nitrogens with two attached hydrogens (primary N) is 1. The molecule has 2 amide bonds. The first kappa shape index (κ1) is 24.3. The molecule has 2 aromatic carbocycles. The van der Waals surface area contributed by atoms with Crippen LogP contribution < -0.4 is 11.1 Å². The number of nitrogens with one attached hydrogen (secondary N) is 1. The number of hydrogen-bond donors (Lipinski definition) is 4. The highest BCUT2D eigenvalue weighted by Gasteiger charge is 2.64. The van der Waals surface area contributed by atoms with Crippen LogP contribution in [-0.4, -0.2) is 61.4 Å². The van der Waals surface area contributed by atoms with E-state index in [-0.39, 0.29) is 5.75 Å². The lowest BCUT2D eigenvalue weighted by molar-refractivity contribution is -0.161. The summed E-state index contributed by atoms with van der Waals surface area (Å²) in [4.78, 5) is 47.5. The summed E-state index contributed by atoms with van der Waals surface area (Å²) < 4.78 is -0.648. The van der Waals surface area contributed by atoms with Crippen LogP contribution in [0.3, 0.4) is 0 Å². The molecule has 2 aromatic rings. The number of aliphatic carboxylic acids is 1. The Labute approximate surface area is 195 Å². The Bertz CT molecular complexity index is 1040. The molecule has 5 N–H and O–H groups in total. The molecule has 0 unspecified atom stereocenters. The SMILES string of the molecule is CC1(C)S[C@@H]2[C@H](NC(=O)[C@H](N)c3ccc(O)cc3)C(=O)N2[C@H]1C(=O)O.O=Cc1ccccc1. The van der Waals surface area contributed by atoms with Gasteiger partial charge in [0.25, 0.3) is 0 Å². The number of hydrogen-bond acceptors (Lipinski definition) is 7. The van der Waals surface area contributed by atoms with Crippen molar-refractivity contribution in [1.82, 2.24) is 10.2 Å². The third kappa shape index (κ3) is 5.01. The zero-order valence-corrected chi connectivity index (χ0v) is 18.9. The van der Waals surface area contributed by atoms with Crippen LogP contribution in [0.15, 0.2) is 54.6 Å². The average Bonchev–Trinajstić information content (AvgIpc) is 3.06. The largest absolute Gasteiger partial charge is 0.508 e. The first-order valence-corrected chi connectivity index (χ1v) is 11.0. The van der Waals surface area contributed by atoms with Crippen LogP contribution in [0.1, 0.15) is 35.8 Å². The van der Waals surface area contributed by atoms with Gasteiger partial charge in [-0.25, -0.2) is 4.79 Å². The van der Waals surface area contributed by atoms with E-state index in [4.69, 9.17) is 5.73 Å². The summed E-state index contributed by atoms with van der Waals surface area (Å²) in [6.45, 7) is 3.53. The Morgan fingerprint density at radius 2 is 1.76 bits per heavy atom. The van der Waals surface area contributed by atoms with E-state index in [0.717, 1.165) is 11.8 Å². The second-order valence-corrected chi connectivity index (χ2v) is 9.95. The summed E-state index contributed by atoms with van der Waals surface area (Å²) in [5.41, 5.74) is 7.14. The van der Waals surface area contributed by atoms with Crippen molar-refractivity contribution in [2.24, 2.45) is 5.73 Å². The molecule has 0 aliphatic carbocycles. The molecule has 2 aliphatic heterocycles. The van der Waals surface area contributed by atoms with Crippen LogP contribution in [0.25, 0.3) is 0 Å². The Balaban J connectivity index is 0.000000323. The number of thioether (sulfide) groups is 1. The molecule has 10 heteroatoms. The molecule has 2 heterocycles. The van der Waals surface area contributed by atoms with E-state index >= 15 is 0 Å². The molecule has 174 valence electrons. The Morgan fingerprint density at radius 3 is 2.27 bits per heavy atom. The molecule has 2 aliphatic rings. The van der Waals surface area contributed by atoms with Crippen molar-refractivity contribution in [2.75, 3.05) is 0 Å². The highest BCUT2D eigenvalue weighted by atomic mass is 32.2. The predicted octanol–water partition coefficient (Wildman–Crippen LogP) is 1.52.